The zero-order chi connectivity index (χ0) is 11.1. The summed E-state index contributed by atoms with van der Waals surface area (Å²) >= 11 is 2.02. The molecule has 0 aromatic heterocycles. The van der Waals surface area contributed by atoms with Crippen LogP contribution in [0, 0.1) is 0 Å². The van der Waals surface area contributed by atoms with E-state index in [4.69, 9.17) is 0 Å². The molecule has 2 atom stereocenters. The molecule has 1 saturated heterocycles. The van der Waals surface area contributed by atoms with Gasteiger partial charge in [-0.1, -0.05) is 6.92 Å². The Labute approximate surface area is 97.6 Å². The lowest BCUT2D eigenvalue weighted by Gasteiger charge is -2.26. The van der Waals surface area contributed by atoms with Gasteiger partial charge < -0.3 is 10.4 Å². The second-order valence-corrected chi connectivity index (χ2v) is 5.46. The predicted octanol–water partition coefficient (Wildman–Crippen LogP) is 0.784. The lowest BCUT2D eigenvalue weighted by molar-refractivity contribution is 0.108. The molecule has 4 heteroatoms. The SMILES string of the molecule is CCCNCC(O)CN(C)C1CCSC1. The Kier molecular flexibility index (Phi) is 6.64. The molecule has 0 aromatic carbocycles. The molecule has 0 amide bonds. The molecule has 1 aliphatic rings. The Hall–Kier alpha value is 0.230. The third-order valence-corrected chi connectivity index (χ3v) is 3.98. The maximum Gasteiger partial charge on any atom is 0.0791 e. The van der Waals surface area contributed by atoms with Crippen LogP contribution in [0.3, 0.4) is 0 Å². The number of rotatable bonds is 7. The maximum absolute atomic E-state index is 9.80. The molecule has 0 saturated carbocycles. The second-order valence-electron chi connectivity index (χ2n) is 4.31. The van der Waals surface area contributed by atoms with Gasteiger partial charge in [0.1, 0.15) is 0 Å². The fourth-order valence-electron chi connectivity index (χ4n) is 1.86. The number of aliphatic hydroxyl groups excluding tert-OH is 1. The van der Waals surface area contributed by atoms with Crippen LogP contribution in [0.1, 0.15) is 19.8 Å². The van der Waals surface area contributed by atoms with E-state index in [9.17, 15) is 5.11 Å². The van der Waals surface area contributed by atoms with Crippen LogP contribution in [0.2, 0.25) is 0 Å². The fraction of sp³-hybridized carbons (Fsp3) is 1.00. The van der Waals surface area contributed by atoms with E-state index in [1.54, 1.807) is 0 Å². The minimum absolute atomic E-state index is 0.229. The molecule has 0 bridgehead atoms. The molecule has 1 rings (SSSR count). The van der Waals surface area contributed by atoms with Gasteiger partial charge in [0.15, 0.2) is 0 Å². The van der Waals surface area contributed by atoms with Gasteiger partial charge in [-0.25, -0.2) is 0 Å². The van der Waals surface area contributed by atoms with Crippen LogP contribution in [-0.4, -0.2) is 60.3 Å². The van der Waals surface area contributed by atoms with Crippen LogP contribution in [0.25, 0.3) is 0 Å². The molecule has 90 valence electrons. The Morgan fingerprint density at radius 1 is 1.60 bits per heavy atom. The van der Waals surface area contributed by atoms with Crippen LogP contribution in [0.15, 0.2) is 0 Å². The Morgan fingerprint density at radius 3 is 3.00 bits per heavy atom. The minimum atomic E-state index is -0.229. The van der Waals surface area contributed by atoms with Crippen molar-refractivity contribution in [1.29, 1.82) is 0 Å². The molecule has 2 N–H and O–H groups in total. The Morgan fingerprint density at radius 2 is 2.40 bits per heavy atom. The number of nitrogens with one attached hydrogen (secondary N) is 1. The lowest BCUT2D eigenvalue weighted by atomic mass is 10.2. The molecular weight excluding hydrogens is 208 g/mol. The molecule has 0 aliphatic carbocycles. The van der Waals surface area contributed by atoms with Crippen molar-refractivity contribution in [3.63, 3.8) is 0 Å². The first-order valence-electron chi connectivity index (χ1n) is 5.90. The van der Waals surface area contributed by atoms with Crippen molar-refractivity contribution < 1.29 is 5.11 Å². The van der Waals surface area contributed by atoms with Crippen LogP contribution in [-0.2, 0) is 0 Å². The normalized spacial score (nSPS) is 23.6. The molecule has 0 spiro atoms. The third kappa shape index (κ3) is 5.20. The van der Waals surface area contributed by atoms with E-state index in [1.165, 1.54) is 17.9 Å². The zero-order valence-corrected chi connectivity index (χ0v) is 10.7. The van der Waals surface area contributed by atoms with E-state index in [0.29, 0.717) is 6.04 Å². The predicted molar refractivity (Wildman–Crippen MR) is 67.5 cm³/mol. The quantitative estimate of drug-likeness (QED) is 0.636. The maximum atomic E-state index is 9.80. The van der Waals surface area contributed by atoms with Crippen molar-refractivity contribution in [1.82, 2.24) is 10.2 Å². The molecule has 3 nitrogen and oxygen atoms in total. The van der Waals surface area contributed by atoms with Gasteiger partial charge in [-0.05, 0) is 32.2 Å². The summed E-state index contributed by atoms with van der Waals surface area (Å²) in [5, 5.41) is 13.0. The van der Waals surface area contributed by atoms with Crippen molar-refractivity contribution in [3.05, 3.63) is 0 Å². The summed E-state index contributed by atoms with van der Waals surface area (Å²) in [4.78, 5) is 2.30. The van der Waals surface area contributed by atoms with Gasteiger partial charge in [0.05, 0.1) is 6.10 Å². The average Bonchev–Trinajstić information content (AvgIpc) is 2.70. The van der Waals surface area contributed by atoms with E-state index in [-0.39, 0.29) is 6.10 Å². The van der Waals surface area contributed by atoms with E-state index in [1.807, 2.05) is 11.8 Å². The molecule has 1 fully saturated rings. The van der Waals surface area contributed by atoms with Gasteiger partial charge in [0.25, 0.3) is 0 Å². The third-order valence-electron chi connectivity index (χ3n) is 2.83. The minimum Gasteiger partial charge on any atom is -0.390 e. The van der Waals surface area contributed by atoms with E-state index in [2.05, 4.69) is 24.2 Å². The van der Waals surface area contributed by atoms with Gasteiger partial charge >= 0.3 is 0 Å². The highest BCUT2D eigenvalue weighted by Crippen LogP contribution is 2.21. The highest BCUT2D eigenvalue weighted by Gasteiger charge is 2.21. The molecule has 15 heavy (non-hydrogen) atoms. The highest BCUT2D eigenvalue weighted by atomic mass is 32.2. The number of hydrogen-bond donors (Lipinski definition) is 2. The number of nitrogens with zero attached hydrogens (tertiary/aromatic N) is 1. The van der Waals surface area contributed by atoms with Crippen molar-refractivity contribution in [2.45, 2.75) is 31.9 Å². The number of likely N-dealkylation sites (N-methyl/N-ethyl adjacent to an activating group) is 1. The zero-order valence-electron chi connectivity index (χ0n) is 9.91. The lowest BCUT2D eigenvalue weighted by Crippen LogP contribution is -2.41. The van der Waals surface area contributed by atoms with Crippen molar-refractivity contribution in [2.24, 2.45) is 0 Å². The first-order valence-corrected chi connectivity index (χ1v) is 7.06. The monoisotopic (exact) mass is 232 g/mol. The van der Waals surface area contributed by atoms with Crippen LogP contribution in [0.4, 0.5) is 0 Å². The summed E-state index contributed by atoms with van der Waals surface area (Å²) in [6.45, 7) is 4.65. The number of hydrogen-bond acceptors (Lipinski definition) is 4. The second kappa shape index (κ2) is 7.49. The van der Waals surface area contributed by atoms with E-state index < -0.39 is 0 Å². The average molecular weight is 232 g/mol. The Bertz CT molecular complexity index is 163. The molecule has 0 radical (unpaired) electrons. The van der Waals surface area contributed by atoms with Crippen molar-refractivity contribution in [3.8, 4) is 0 Å². The summed E-state index contributed by atoms with van der Waals surface area (Å²) in [5.41, 5.74) is 0. The van der Waals surface area contributed by atoms with E-state index in [0.717, 1.165) is 26.1 Å². The van der Waals surface area contributed by atoms with Gasteiger partial charge in [-0.15, -0.1) is 0 Å². The number of thioether (sulfide) groups is 1. The van der Waals surface area contributed by atoms with Crippen LogP contribution < -0.4 is 5.32 Å². The smallest absolute Gasteiger partial charge is 0.0791 e. The highest BCUT2D eigenvalue weighted by molar-refractivity contribution is 7.99. The Balaban J connectivity index is 2.10. The molecule has 1 heterocycles. The van der Waals surface area contributed by atoms with Crippen LogP contribution in [0.5, 0.6) is 0 Å². The number of aliphatic hydroxyl groups is 1. The fourth-order valence-corrected chi connectivity index (χ4v) is 3.16. The summed E-state index contributed by atoms with van der Waals surface area (Å²) in [7, 11) is 2.12. The van der Waals surface area contributed by atoms with E-state index >= 15 is 0 Å². The van der Waals surface area contributed by atoms with Crippen molar-refractivity contribution >= 4 is 11.8 Å². The van der Waals surface area contributed by atoms with Crippen molar-refractivity contribution in [2.75, 3.05) is 38.2 Å². The topological polar surface area (TPSA) is 35.5 Å². The first kappa shape index (κ1) is 13.3. The standard InChI is InChI=1S/C11H24N2OS/c1-3-5-12-7-11(14)8-13(2)10-4-6-15-9-10/h10-12,14H,3-9H2,1-2H3. The summed E-state index contributed by atoms with van der Waals surface area (Å²) in [6, 6.07) is 0.677. The molecular formula is C11H24N2OS. The summed E-state index contributed by atoms with van der Waals surface area (Å²) in [6.07, 6.45) is 2.17. The molecule has 2 unspecified atom stereocenters. The summed E-state index contributed by atoms with van der Waals surface area (Å²) < 4.78 is 0. The van der Waals surface area contributed by atoms with Gasteiger partial charge in [0.2, 0.25) is 0 Å². The van der Waals surface area contributed by atoms with Gasteiger partial charge in [-0.2, -0.15) is 11.8 Å². The molecule has 1 aliphatic heterocycles. The summed E-state index contributed by atoms with van der Waals surface area (Å²) in [5.74, 6) is 2.50. The van der Waals surface area contributed by atoms with Crippen LogP contribution >= 0.6 is 11.8 Å². The first-order chi connectivity index (χ1) is 7.24. The molecule has 0 aromatic rings. The largest absolute Gasteiger partial charge is 0.390 e. The van der Waals surface area contributed by atoms with Gasteiger partial charge in [-0.3, -0.25) is 4.90 Å². The van der Waals surface area contributed by atoms with Gasteiger partial charge in [0, 0.05) is 24.9 Å².